The molecule has 1 amide bonds. The molecule has 0 radical (unpaired) electrons. The van der Waals surface area contributed by atoms with Crippen molar-refractivity contribution in [2.24, 2.45) is 5.92 Å². The van der Waals surface area contributed by atoms with Gasteiger partial charge in [0.05, 0.1) is 12.6 Å². The van der Waals surface area contributed by atoms with E-state index in [9.17, 15) is 9.90 Å². The van der Waals surface area contributed by atoms with Crippen LogP contribution < -0.4 is 4.90 Å². The van der Waals surface area contributed by atoms with Crippen LogP contribution in [0.15, 0.2) is 47.6 Å². The van der Waals surface area contributed by atoms with Crippen molar-refractivity contribution in [3.05, 3.63) is 53.1 Å². The standard InChI is InChI=1S/C21H22N2O2/c24-10-7-13-12-22-9-8-21-16-3-1-2-4-17(16)23-19(25)6-5-14(20(21)23)15(13)11-18(21)22/h1-5,7,15,18,20,24H,6,8-12H2/b13-7+/t15-,18+,20+,21-/m0/s1. The summed E-state index contributed by atoms with van der Waals surface area (Å²) < 4.78 is 0. The summed E-state index contributed by atoms with van der Waals surface area (Å²) in [4.78, 5) is 17.6. The predicted molar refractivity (Wildman–Crippen MR) is 95.3 cm³/mol. The molecule has 1 saturated carbocycles. The fourth-order valence-corrected chi connectivity index (χ4v) is 6.62. The molecular formula is C21H22N2O2. The molecule has 4 heterocycles. The number of aliphatic hydroxyl groups is 1. The largest absolute Gasteiger partial charge is 0.392 e. The van der Waals surface area contributed by atoms with Gasteiger partial charge in [-0.25, -0.2) is 0 Å². The lowest BCUT2D eigenvalue weighted by atomic mass is 9.57. The molecule has 0 aromatic heterocycles. The number of fused-ring (bicyclic) bond motifs is 4. The lowest BCUT2D eigenvalue weighted by Crippen LogP contribution is -2.62. The number of rotatable bonds is 1. The Labute approximate surface area is 147 Å². The molecule has 3 fully saturated rings. The lowest BCUT2D eigenvalue weighted by molar-refractivity contribution is -0.118. The molecule has 4 atom stereocenters. The Hall–Kier alpha value is -1.91. The first-order valence-electron chi connectivity index (χ1n) is 9.41. The zero-order valence-corrected chi connectivity index (χ0v) is 14.2. The Morgan fingerprint density at radius 3 is 3.08 bits per heavy atom. The highest BCUT2D eigenvalue weighted by Crippen LogP contribution is 2.63. The second-order valence-electron chi connectivity index (χ2n) is 8.12. The number of amides is 1. The summed E-state index contributed by atoms with van der Waals surface area (Å²) in [6, 6.07) is 9.29. The Balaban J connectivity index is 1.64. The summed E-state index contributed by atoms with van der Waals surface area (Å²) in [5.41, 5.74) is 5.39. The molecule has 1 aromatic rings. The van der Waals surface area contributed by atoms with Gasteiger partial charge in [-0.2, -0.15) is 0 Å². The topological polar surface area (TPSA) is 43.8 Å². The fourth-order valence-electron chi connectivity index (χ4n) is 6.62. The number of piperidine rings is 1. The number of carbonyl (C=O) groups excluding carboxylic acids is 1. The molecule has 25 heavy (non-hydrogen) atoms. The van der Waals surface area contributed by atoms with E-state index in [-0.39, 0.29) is 24.0 Å². The monoisotopic (exact) mass is 334 g/mol. The van der Waals surface area contributed by atoms with Gasteiger partial charge in [-0.05, 0) is 36.6 Å². The average molecular weight is 334 g/mol. The van der Waals surface area contributed by atoms with E-state index < -0.39 is 0 Å². The lowest BCUT2D eigenvalue weighted by Gasteiger charge is -2.54. The van der Waals surface area contributed by atoms with Crippen molar-refractivity contribution in [1.82, 2.24) is 4.90 Å². The summed E-state index contributed by atoms with van der Waals surface area (Å²) in [6.45, 7) is 2.16. The van der Waals surface area contributed by atoms with Gasteiger partial charge in [0.15, 0.2) is 0 Å². The summed E-state index contributed by atoms with van der Waals surface area (Å²) in [7, 11) is 0. The third-order valence-corrected chi connectivity index (χ3v) is 7.40. The number of hydrogen-bond acceptors (Lipinski definition) is 3. The van der Waals surface area contributed by atoms with Crippen molar-refractivity contribution in [1.29, 1.82) is 0 Å². The van der Waals surface area contributed by atoms with Crippen molar-refractivity contribution >= 4 is 11.6 Å². The van der Waals surface area contributed by atoms with Gasteiger partial charge in [-0.1, -0.05) is 35.9 Å². The number of anilines is 1. The number of aliphatic hydroxyl groups excluding tert-OH is 1. The van der Waals surface area contributed by atoms with Gasteiger partial charge < -0.3 is 10.0 Å². The number of carbonyl (C=O) groups is 1. The van der Waals surface area contributed by atoms with E-state index in [4.69, 9.17) is 0 Å². The molecule has 1 aliphatic carbocycles. The molecule has 5 aliphatic rings. The Bertz CT molecular complexity index is 857. The third kappa shape index (κ3) is 1.50. The van der Waals surface area contributed by atoms with Crippen molar-refractivity contribution in [2.75, 3.05) is 24.6 Å². The van der Waals surface area contributed by atoms with Crippen LogP contribution in [0.25, 0.3) is 0 Å². The highest BCUT2D eigenvalue weighted by Gasteiger charge is 2.67. The molecule has 1 N–H and O–H groups in total. The Morgan fingerprint density at radius 2 is 2.20 bits per heavy atom. The molecule has 2 saturated heterocycles. The second kappa shape index (κ2) is 4.63. The molecule has 4 aliphatic heterocycles. The van der Waals surface area contributed by atoms with E-state index in [0.29, 0.717) is 18.4 Å². The quantitative estimate of drug-likeness (QED) is 0.799. The molecular weight excluding hydrogens is 312 g/mol. The first-order valence-corrected chi connectivity index (χ1v) is 9.41. The van der Waals surface area contributed by atoms with Crippen molar-refractivity contribution in [2.45, 2.75) is 36.8 Å². The van der Waals surface area contributed by atoms with E-state index >= 15 is 0 Å². The third-order valence-electron chi connectivity index (χ3n) is 7.40. The average Bonchev–Trinajstić information content (AvgIpc) is 3.17. The zero-order valence-electron chi connectivity index (χ0n) is 14.2. The van der Waals surface area contributed by atoms with Gasteiger partial charge in [0, 0.05) is 36.0 Å². The molecule has 6 rings (SSSR count). The summed E-state index contributed by atoms with van der Waals surface area (Å²) >= 11 is 0. The number of nitrogens with zero attached hydrogens (tertiary/aromatic N) is 2. The molecule has 1 aromatic carbocycles. The maximum atomic E-state index is 12.9. The van der Waals surface area contributed by atoms with E-state index in [1.165, 1.54) is 16.7 Å². The molecule has 0 unspecified atom stereocenters. The first-order chi connectivity index (χ1) is 12.3. The molecule has 2 bridgehead atoms. The van der Waals surface area contributed by atoms with Gasteiger partial charge in [-0.15, -0.1) is 0 Å². The second-order valence-corrected chi connectivity index (χ2v) is 8.12. The maximum Gasteiger partial charge on any atom is 0.231 e. The molecule has 1 spiro atoms. The van der Waals surface area contributed by atoms with Gasteiger partial charge in [0.1, 0.15) is 0 Å². The minimum Gasteiger partial charge on any atom is -0.392 e. The van der Waals surface area contributed by atoms with Crippen LogP contribution in [0.4, 0.5) is 5.69 Å². The van der Waals surface area contributed by atoms with Gasteiger partial charge in [0.2, 0.25) is 5.91 Å². The number of para-hydroxylation sites is 1. The Kier molecular flexibility index (Phi) is 2.64. The van der Waals surface area contributed by atoms with Crippen molar-refractivity contribution in [3.8, 4) is 0 Å². The van der Waals surface area contributed by atoms with Crippen LogP contribution >= 0.6 is 0 Å². The highest BCUT2D eigenvalue weighted by atomic mass is 16.2. The fraction of sp³-hybridized carbons (Fsp3) is 0.476. The summed E-state index contributed by atoms with van der Waals surface area (Å²) in [5.74, 6) is 0.638. The smallest absolute Gasteiger partial charge is 0.231 e. The van der Waals surface area contributed by atoms with Crippen LogP contribution in [0.1, 0.15) is 24.8 Å². The van der Waals surface area contributed by atoms with Crippen LogP contribution in [0.3, 0.4) is 0 Å². The van der Waals surface area contributed by atoms with Gasteiger partial charge in [0.25, 0.3) is 0 Å². The normalized spacial score (nSPS) is 39.5. The maximum absolute atomic E-state index is 12.9. The predicted octanol–water partition coefficient (Wildman–Crippen LogP) is 2.00. The molecule has 4 nitrogen and oxygen atoms in total. The van der Waals surface area contributed by atoms with Crippen LogP contribution in [0.2, 0.25) is 0 Å². The van der Waals surface area contributed by atoms with E-state index in [2.05, 4.69) is 40.1 Å². The van der Waals surface area contributed by atoms with Crippen molar-refractivity contribution in [3.63, 3.8) is 0 Å². The zero-order chi connectivity index (χ0) is 16.8. The van der Waals surface area contributed by atoms with Crippen LogP contribution in [0, 0.1) is 5.92 Å². The first kappa shape index (κ1) is 14.3. The Morgan fingerprint density at radius 1 is 1.32 bits per heavy atom. The van der Waals surface area contributed by atoms with Crippen LogP contribution in [-0.4, -0.2) is 47.7 Å². The van der Waals surface area contributed by atoms with Gasteiger partial charge in [-0.3, -0.25) is 9.69 Å². The van der Waals surface area contributed by atoms with E-state index in [1.807, 2.05) is 6.08 Å². The minimum atomic E-state index is 0.0692. The van der Waals surface area contributed by atoms with E-state index in [0.717, 1.165) is 31.6 Å². The van der Waals surface area contributed by atoms with Crippen LogP contribution in [-0.2, 0) is 10.2 Å². The van der Waals surface area contributed by atoms with Crippen molar-refractivity contribution < 1.29 is 9.90 Å². The summed E-state index contributed by atoms with van der Waals surface area (Å²) in [5, 5.41) is 9.50. The molecule has 4 heteroatoms. The summed E-state index contributed by atoms with van der Waals surface area (Å²) in [6.07, 6.45) is 6.99. The van der Waals surface area contributed by atoms with Gasteiger partial charge >= 0.3 is 0 Å². The number of benzene rings is 1. The van der Waals surface area contributed by atoms with Crippen LogP contribution in [0.5, 0.6) is 0 Å². The molecule has 128 valence electrons. The highest BCUT2D eigenvalue weighted by molar-refractivity contribution is 6.00. The van der Waals surface area contributed by atoms with E-state index in [1.54, 1.807) is 0 Å². The SMILES string of the molecule is O=C1CC=C2[C@H]3C[C@H]4N(CC[C@]45c4ccccc4N1[C@H]25)C/C3=C\CO. The number of hydrogen-bond donors (Lipinski definition) is 1. The minimum absolute atomic E-state index is 0.0692.